The molecule has 0 radical (unpaired) electrons. The quantitative estimate of drug-likeness (QED) is 0.825. The number of rotatable bonds is 3. The number of anilines is 1. The molecular weight excluding hydrogens is 234 g/mol. The first kappa shape index (κ1) is 12.1. The summed E-state index contributed by atoms with van der Waals surface area (Å²) < 4.78 is 6.37. The number of aromatic nitrogens is 2. The molecule has 94 valence electrons. The Labute approximate surface area is 104 Å². The molecule has 6 nitrogen and oxygen atoms in total. The van der Waals surface area contributed by atoms with Crippen molar-refractivity contribution in [3.05, 3.63) is 30.1 Å². The largest absolute Gasteiger partial charge is 0.456 e. The second-order valence-corrected chi connectivity index (χ2v) is 3.86. The van der Waals surface area contributed by atoms with E-state index in [-0.39, 0.29) is 6.61 Å². The van der Waals surface area contributed by atoms with Gasteiger partial charge in [-0.3, -0.25) is 14.0 Å². The van der Waals surface area contributed by atoms with E-state index in [9.17, 15) is 9.59 Å². The van der Waals surface area contributed by atoms with Crippen LogP contribution in [-0.4, -0.2) is 27.9 Å². The van der Waals surface area contributed by atoms with Crippen molar-refractivity contribution in [2.75, 3.05) is 11.9 Å². The maximum absolute atomic E-state index is 11.5. The highest BCUT2D eigenvalue weighted by atomic mass is 16.5. The SMILES string of the molecule is CC(=O)OCC(=O)Nc1cnc2c(C)cccn12. The minimum absolute atomic E-state index is 0.297. The van der Waals surface area contributed by atoms with Crippen molar-refractivity contribution in [3.8, 4) is 0 Å². The number of fused-ring (bicyclic) bond motifs is 1. The minimum Gasteiger partial charge on any atom is -0.456 e. The standard InChI is InChI=1S/C12H13N3O3/c1-8-4-3-5-15-10(6-13-12(8)15)14-11(17)7-18-9(2)16/h3-6H,7H2,1-2H3,(H,14,17). The van der Waals surface area contributed by atoms with Gasteiger partial charge in [0.2, 0.25) is 0 Å². The Bertz CT molecular complexity index is 604. The molecule has 0 aliphatic rings. The molecule has 2 heterocycles. The van der Waals surface area contributed by atoms with E-state index in [2.05, 4.69) is 15.0 Å². The smallest absolute Gasteiger partial charge is 0.303 e. The van der Waals surface area contributed by atoms with Crippen LogP contribution in [0, 0.1) is 6.92 Å². The molecule has 1 N–H and O–H groups in total. The fourth-order valence-corrected chi connectivity index (χ4v) is 1.59. The molecule has 6 heteroatoms. The van der Waals surface area contributed by atoms with Gasteiger partial charge < -0.3 is 10.1 Å². The number of carbonyl (C=O) groups is 2. The highest BCUT2D eigenvalue weighted by Gasteiger charge is 2.09. The fraction of sp³-hybridized carbons (Fsp3) is 0.250. The molecule has 0 bridgehead atoms. The number of hydrogen-bond donors (Lipinski definition) is 1. The van der Waals surface area contributed by atoms with Crippen molar-refractivity contribution in [3.63, 3.8) is 0 Å². The lowest BCUT2D eigenvalue weighted by Gasteiger charge is -2.05. The Hall–Kier alpha value is -2.37. The van der Waals surface area contributed by atoms with Gasteiger partial charge in [-0.05, 0) is 18.6 Å². The molecule has 0 saturated carbocycles. The van der Waals surface area contributed by atoms with Crippen molar-refractivity contribution >= 4 is 23.3 Å². The van der Waals surface area contributed by atoms with Gasteiger partial charge in [-0.25, -0.2) is 4.98 Å². The molecule has 2 rings (SSSR count). The summed E-state index contributed by atoms with van der Waals surface area (Å²) >= 11 is 0. The Kier molecular flexibility index (Phi) is 3.27. The summed E-state index contributed by atoms with van der Waals surface area (Å²) in [5.41, 5.74) is 1.79. The number of amides is 1. The molecule has 1 amide bonds. The lowest BCUT2D eigenvalue weighted by atomic mass is 10.3. The van der Waals surface area contributed by atoms with Gasteiger partial charge in [0.15, 0.2) is 6.61 Å². The van der Waals surface area contributed by atoms with Gasteiger partial charge in [-0.1, -0.05) is 6.07 Å². The van der Waals surface area contributed by atoms with Crippen LogP contribution in [0.3, 0.4) is 0 Å². The third-order valence-electron chi connectivity index (χ3n) is 2.40. The number of pyridine rings is 1. The molecular formula is C12H13N3O3. The molecule has 0 saturated heterocycles. The van der Waals surface area contributed by atoms with E-state index in [1.54, 1.807) is 16.8 Å². The number of aryl methyl sites for hydroxylation is 1. The summed E-state index contributed by atoms with van der Waals surface area (Å²) in [5.74, 6) is -0.335. The molecule has 0 unspecified atom stereocenters. The summed E-state index contributed by atoms with van der Waals surface area (Å²) in [6.45, 7) is 2.89. The molecule has 0 aliphatic carbocycles. The van der Waals surface area contributed by atoms with Gasteiger partial charge in [0.25, 0.3) is 5.91 Å². The van der Waals surface area contributed by atoms with E-state index in [4.69, 9.17) is 0 Å². The van der Waals surface area contributed by atoms with Crippen molar-refractivity contribution in [1.82, 2.24) is 9.38 Å². The Morgan fingerprint density at radius 3 is 3.00 bits per heavy atom. The summed E-state index contributed by atoms with van der Waals surface area (Å²) in [6.07, 6.45) is 3.37. The minimum atomic E-state index is -0.487. The van der Waals surface area contributed by atoms with E-state index in [1.165, 1.54) is 6.92 Å². The third-order valence-corrected chi connectivity index (χ3v) is 2.40. The van der Waals surface area contributed by atoms with Crippen LogP contribution in [0.25, 0.3) is 5.65 Å². The highest BCUT2D eigenvalue weighted by molar-refractivity contribution is 5.92. The van der Waals surface area contributed by atoms with Crippen LogP contribution in [-0.2, 0) is 14.3 Å². The van der Waals surface area contributed by atoms with Crippen LogP contribution >= 0.6 is 0 Å². The van der Waals surface area contributed by atoms with Crippen molar-refractivity contribution in [2.45, 2.75) is 13.8 Å². The monoisotopic (exact) mass is 247 g/mol. The Morgan fingerprint density at radius 2 is 2.28 bits per heavy atom. The van der Waals surface area contributed by atoms with Crippen LogP contribution in [0.2, 0.25) is 0 Å². The number of esters is 1. The van der Waals surface area contributed by atoms with Crippen LogP contribution in [0.4, 0.5) is 5.82 Å². The maximum atomic E-state index is 11.5. The predicted octanol–water partition coefficient (Wildman–Crippen LogP) is 1.14. The number of hydrogen-bond acceptors (Lipinski definition) is 4. The fourth-order valence-electron chi connectivity index (χ4n) is 1.59. The molecule has 0 spiro atoms. The van der Waals surface area contributed by atoms with Crippen molar-refractivity contribution in [1.29, 1.82) is 0 Å². The first-order chi connectivity index (χ1) is 8.58. The van der Waals surface area contributed by atoms with E-state index in [1.807, 2.05) is 19.1 Å². The first-order valence-electron chi connectivity index (χ1n) is 5.44. The Morgan fingerprint density at radius 1 is 1.50 bits per heavy atom. The van der Waals surface area contributed by atoms with Gasteiger partial charge in [-0.2, -0.15) is 0 Å². The van der Waals surface area contributed by atoms with Gasteiger partial charge in [-0.15, -0.1) is 0 Å². The van der Waals surface area contributed by atoms with Crippen LogP contribution in [0.1, 0.15) is 12.5 Å². The van der Waals surface area contributed by atoms with E-state index >= 15 is 0 Å². The Balaban J connectivity index is 2.15. The second kappa shape index (κ2) is 4.87. The summed E-state index contributed by atoms with van der Waals surface area (Å²) in [4.78, 5) is 26.3. The lowest BCUT2D eigenvalue weighted by Crippen LogP contribution is -2.20. The second-order valence-electron chi connectivity index (χ2n) is 3.86. The number of nitrogens with zero attached hydrogens (tertiary/aromatic N) is 2. The normalized spacial score (nSPS) is 10.3. The zero-order valence-electron chi connectivity index (χ0n) is 10.1. The van der Waals surface area contributed by atoms with Gasteiger partial charge in [0.05, 0.1) is 6.20 Å². The topological polar surface area (TPSA) is 72.7 Å². The summed E-state index contributed by atoms with van der Waals surface area (Å²) in [5, 5.41) is 2.63. The average Bonchev–Trinajstić information content (AvgIpc) is 2.72. The summed E-state index contributed by atoms with van der Waals surface area (Å²) in [7, 11) is 0. The molecule has 0 aliphatic heterocycles. The predicted molar refractivity (Wildman–Crippen MR) is 65.2 cm³/mol. The van der Waals surface area contributed by atoms with E-state index in [0.29, 0.717) is 5.82 Å². The number of imidazole rings is 1. The molecule has 0 aromatic carbocycles. The molecule has 0 atom stereocenters. The zero-order valence-corrected chi connectivity index (χ0v) is 10.1. The maximum Gasteiger partial charge on any atom is 0.303 e. The highest BCUT2D eigenvalue weighted by Crippen LogP contribution is 2.14. The third kappa shape index (κ3) is 2.48. The van der Waals surface area contributed by atoms with Crippen molar-refractivity contribution in [2.24, 2.45) is 0 Å². The molecule has 18 heavy (non-hydrogen) atoms. The van der Waals surface area contributed by atoms with Crippen LogP contribution in [0.5, 0.6) is 0 Å². The van der Waals surface area contributed by atoms with Gasteiger partial charge in [0, 0.05) is 13.1 Å². The molecule has 0 fully saturated rings. The zero-order chi connectivity index (χ0) is 13.1. The van der Waals surface area contributed by atoms with Gasteiger partial charge >= 0.3 is 5.97 Å². The summed E-state index contributed by atoms with van der Waals surface area (Å²) in [6, 6.07) is 3.80. The average molecular weight is 247 g/mol. The van der Waals surface area contributed by atoms with Crippen LogP contribution < -0.4 is 5.32 Å². The lowest BCUT2D eigenvalue weighted by molar-refractivity contribution is -0.144. The van der Waals surface area contributed by atoms with Crippen molar-refractivity contribution < 1.29 is 14.3 Å². The van der Waals surface area contributed by atoms with Gasteiger partial charge in [0.1, 0.15) is 11.5 Å². The molecule has 2 aromatic rings. The van der Waals surface area contributed by atoms with E-state index in [0.717, 1.165) is 11.2 Å². The number of ether oxygens (including phenoxy) is 1. The first-order valence-corrected chi connectivity index (χ1v) is 5.44. The number of nitrogens with one attached hydrogen (secondary N) is 1. The number of carbonyl (C=O) groups excluding carboxylic acids is 2. The molecule has 2 aromatic heterocycles. The van der Waals surface area contributed by atoms with E-state index < -0.39 is 11.9 Å². The van der Waals surface area contributed by atoms with Crippen LogP contribution in [0.15, 0.2) is 24.5 Å².